The van der Waals surface area contributed by atoms with Crippen LogP contribution in [0, 0.1) is 0 Å². The predicted octanol–water partition coefficient (Wildman–Crippen LogP) is 1.96. The lowest BCUT2D eigenvalue weighted by Gasteiger charge is -2.36. The summed E-state index contributed by atoms with van der Waals surface area (Å²) in [4.78, 5) is 5.03. The first-order valence-electron chi connectivity index (χ1n) is 7.47. The van der Waals surface area contributed by atoms with Gasteiger partial charge in [0.05, 0.1) is 0 Å². The van der Waals surface area contributed by atoms with Crippen molar-refractivity contribution in [1.82, 2.24) is 15.1 Å². The minimum absolute atomic E-state index is 0.746. The minimum Gasteiger partial charge on any atom is -0.313 e. The number of nitrogens with zero attached hydrogens (tertiary/aromatic N) is 2. The van der Waals surface area contributed by atoms with Gasteiger partial charge >= 0.3 is 0 Å². The molecule has 0 saturated carbocycles. The highest BCUT2D eigenvalue weighted by molar-refractivity contribution is 5.00. The molecule has 1 fully saturated rings. The topological polar surface area (TPSA) is 18.5 Å². The Kier molecular flexibility index (Phi) is 7.56. The maximum Gasteiger partial charge on any atom is 0.0202 e. The Bertz CT molecular complexity index is 232. The summed E-state index contributed by atoms with van der Waals surface area (Å²) in [5.74, 6) is 0. The number of hydrogen-bond acceptors (Lipinski definition) is 3. The summed E-state index contributed by atoms with van der Waals surface area (Å²) >= 11 is 0. The number of rotatable bonds is 8. The molecule has 0 aromatic rings. The number of nitrogens with one attached hydrogen (secondary N) is 1. The molecule has 0 amide bonds. The molecule has 3 nitrogen and oxygen atoms in total. The molecule has 1 heterocycles. The second-order valence-electron chi connectivity index (χ2n) is 5.51. The molecule has 3 heteroatoms. The molecule has 0 bridgehead atoms. The molecule has 18 heavy (non-hydrogen) atoms. The molecule has 1 aliphatic heterocycles. The molecule has 1 aliphatic rings. The van der Waals surface area contributed by atoms with Crippen LogP contribution >= 0.6 is 0 Å². The van der Waals surface area contributed by atoms with Crippen molar-refractivity contribution in [2.24, 2.45) is 0 Å². The molecule has 0 spiro atoms. The van der Waals surface area contributed by atoms with Crippen LogP contribution in [0.5, 0.6) is 0 Å². The van der Waals surface area contributed by atoms with Gasteiger partial charge < -0.3 is 10.2 Å². The summed E-state index contributed by atoms with van der Waals surface area (Å²) in [7, 11) is 2.25. The van der Waals surface area contributed by atoms with Gasteiger partial charge in [-0.2, -0.15) is 0 Å². The molecule has 0 unspecified atom stereocenters. The van der Waals surface area contributed by atoms with E-state index in [1.807, 2.05) is 0 Å². The lowest BCUT2D eigenvalue weighted by molar-refractivity contribution is 0.138. The Balaban J connectivity index is 2.20. The predicted molar refractivity (Wildman–Crippen MR) is 80.1 cm³/mol. The maximum absolute atomic E-state index is 4.18. The smallest absolute Gasteiger partial charge is 0.0202 e. The average molecular weight is 253 g/mol. The Morgan fingerprint density at radius 1 is 1.33 bits per heavy atom. The van der Waals surface area contributed by atoms with E-state index in [2.05, 4.69) is 42.6 Å². The summed E-state index contributed by atoms with van der Waals surface area (Å²) in [5, 5.41) is 3.42. The molecule has 0 aliphatic carbocycles. The van der Waals surface area contributed by atoms with Crippen molar-refractivity contribution in [2.45, 2.75) is 39.2 Å². The highest BCUT2D eigenvalue weighted by Crippen LogP contribution is 2.15. The maximum atomic E-state index is 4.18. The molecule has 1 rings (SSSR count). The Hall–Kier alpha value is -0.380. The highest BCUT2D eigenvalue weighted by atomic mass is 15.2. The van der Waals surface area contributed by atoms with Gasteiger partial charge in [0.15, 0.2) is 0 Å². The van der Waals surface area contributed by atoms with E-state index in [0.29, 0.717) is 0 Å². The average Bonchev–Trinajstić information content (AvgIpc) is 2.39. The van der Waals surface area contributed by atoms with Crippen molar-refractivity contribution < 1.29 is 0 Å². The van der Waals surface area contributed by atoms with Gasteiger partial charge in [0.1, 0.15) is 0 Å². The zero-order valence-electron chi connectivity index (χ0n) is 12.5. The minimum atomic E-state index is 0.746. The van der Waals surface area contributed by atoms with Crippen LogP contribution < -0.4 is 5.32 Å². The van der Waals surface area contributed by atoms with Gasteiger partial charge in [-0.25, -0.2) is 0 Å². The summed E-state index contributed by atoms with van der Waals surface area (Å²) in [5.41, 5.74) is 1.31. The molecule has 0 aromatic carbocycles. The van der Waals surface area contributed by atoms with Crippen LogP contribution in [0.15, 0.2) is 12.2 Å². The SMILES string of the molecule is C=C(CNCCC)CN(C)C1CCN(CC)CC1. The molecular formula is C15H31N3. The van der Waals surface area contributed by atoms with E-state index < -0.39 is 0 Å². The number of piperidine rings is 1. The molecule has 106 valence electrons. The van der Waals surface area contributed by atoms with Crippen molar-refractivity contribution in [3.05, 3.63) is 12.2 Å². The van der Waals surface area contributed by atoms with E-state index in [1.165, 1.54) is 44.5 Å². The van der Waals surface area contributed by atoms with Crippen LogP contribution in [0.25, 0.3) is 0 Å². The number of hydrogen-bond donors (Lipinski definition) is 1. The number of likely N-dealkylation sites (N-methyl/N-ethyl adjacent to an activating group) is 1. The van der Waals surface area contributed by atoms with Gasteiger partial charge in [-0.15, -0.1) is 0 Å². The van der Waals surface area contributed by atoms with Gasteiger partial charge in [0.25, 0.3) is 0 Å². The quantitative estimate of drug-likeness (QED) is 0.527. The van der Waals surface area contributed by atoms with E-state index in [-0.39, 0.29) is 0 Å². The fourth-order valence-corrected chi connectivity index (χ4v) is 2.66. The summed E-state index contributed by atoms with van der Waals surface area (Å²) in [6.45, 7) is 15.4. The first-order chi connectivity index (χ1) is 8.67. The fourth-order valence-electron chi connectivity index (χ4n) is 2.66. The summed E-state index contributed by atoms with van der Waals surface area (Å²) < 4.78 is 0. The highest BCUT2D eigenvalue weighted by Gasteiger charge is 2.21. The molecule has 0 aromatic heterocycles. The fraction of sp³-hybridized carbons (Fsp3) is 0.867. The first-order valence-corrected chi connectivity index (χ1v) is 7.47. The van der Waals surface area contributed by atoms with Crippen LogP contribution in [0.3, 0.4) is 0 Å². The van der Waals surface area contributed by atoms with Crippen molar-refractivity contribution in [3.63, 3.8) is 0 Å². The van der Waals surface area contributed by atoms with Crippen LogP contribution in [0.1, 0.15) is 33.1 Å². The molecule has 1 N–H and O–H groups in total. The second kappa shape index (κ2) is 8.68. The molecular weight excluding hydrogens is 222 g/mol. The zero-order valence-corrected chi connectivity index (χ0v) is 12.5. The van der Waals surface area contributed by atoms with E-state index in [0.717, 1.165) is 25.7 Å². The van der Waals surface area contributed by atoms with Gasteiger partial charge in [-0.3, -0.25) is 4.90 Å². The van der Waals surface area contributed by atoms with Crippen LogP contribution in [0.2, 0.25) is 0 Å². The Morgan fingerprint density at radius 2 is 2.00 bits per heavy atom. The zero-order chi connectivity index (χ0) is 13.4. The van der Waals surface area contributed by atoms with Crippen LogP contribution in [0.4, 0.5) is 0 Å². The first kappa shape index (κ1) is 15.7. The van der Waals surface area contributed by atoms with E-state index in [4.69, 9.17) is 0 Å². The Labute approximate surface area is 113 Å². The van der Waals surface area contributed by atoms with Gasteiger partial charge in [-0.1, -0.05) is 20.4 Å². The van der Waals surface area contributed by atoms with E-state index >= 15 is 0 Å². The lowest BCUT2D eigenvalue weighted by atomic mass is 10.0. The largest absolute Gasteiger partial charge is 0.313 e. The second-order valence-corrected chi connectivity index (χ2v) is 5.51. The Morgan fingerprint density at radius 3 is 2.56 bits per heavy atom. The summed E-state index contributed by atoms with van der Waals surface area (Å²) in [6.07, 6.45) is 3.80. The van der Waals surface area contributed by atoms with Gasteiger partial charge in [0.2, 0.25) is 0 Å². The third kappa shape index (κ3) is 5.51. The third-order valence-electron chi connectivity index (χ3n) is 3.90. The molecule has 0 radical (unpaired) electrons. The van der Waals surface area contributed by atoms with Crippen molar-refractivity contribution in [1.29, 1.82) is 0 Å². The van der Waals surface area contributed by atoms with Gasteiger partial charge in [-0.05, 0) is 58.1 Å². The third-order valence-corrected chi connectivity index (χ3v) is 3.90. The van der Waals surface area contributed by atoms with E-state index in [1.54, 1.807) is 0 Å². The number of likely N-dealkylation sites (tertiary alicyclic amines) is 1. The lowest BCUT2D eigenvalue weighted by Crippen LogP contribution is -2.44. The van der Waals surface area contributed by atoms with Crippen molar-refractivity contribution >= 4 is 0 Å². The monoisotopic (exact) mass is 253 g/mol. The standard InChI is InChI=1S/C15H31N3/c1-5-9-16-12-14(3)13-17(4)15-7-10-18(6-2)11-8-15/h15-16H,3,5-13H2,1-2,4H3. The molecule has 0 atom stereocenters. The van der Waals surface area contributed by atoms with Crippen molar-refractivity contribution in [2.75, 3.05) is 46.3 Å². The van der Waals surface area contributed by atoms with Crippen LogP contribution in [-0.4, -0.2) is 62.2 Å². The van der Waals surface area contributed by atoms with Crippen LogP contribution in [-0.2, 0) is 0 Å². The molecule has 1 saturated heterocycles. The van der Waals surface area contributed by atoms with E-state index in [9.17, 15) is 0 Å². The normalized spacial score (nSPS) is 18.4. The van der Waals surface area contributed by atoms with Gasteiger partial charge in [0, 0.05) is 19.1 Å². The van der Waals surface area contributed by atoms with Crippen molar-refractivity contribution in [3.8, 4) is 0 Å². The summed E-state index contributed by atoms with van der Waals surface area (Å²) in [6, 6.07) is 0.746.